The van der Waals surface area contributed by atoms with Gasteiger partial charge in [-0.1, -0.05) is 6.07 Å². The van der Waals surface area contributed by atoms with E-state index in [1.807, 2.05) is 0 Å². The summed E-state index contributed by atoms with van der Waals surface area (Å²) in [6.45, 7) is 0. The summed E-state index contributed by atoms with van der Waals surface area (Å²) in [6, 6.07) is 4.68. The molecule has 2 heterocycles. The van der Waals surface area contributed by atoms with Gasteiger partial charge < -0.3 is 21.1 Å². The van der Waals surface area contributed by atoms with Gasteiger partial charge in [0.05, 0.1) is 0 Å². The number of halogens is 1. The highest BCUT2D eigenvalue weighted by Gasteiger charge is 2.34. The molecular weight excluding hydrogens is 339 g/mol. The number of carbonyl (C=O) groups is 1. The van der Waals surface area contributed by atoms with Crippen LogP contribution < -0.4 is 21.1 Å². The molecule has 1 aromatic heterocycles. The third kappa shape index (κ3) is 3.51. The molecule has 0 bridgehead atoms. The van der Waals surface area contributed by atoms with E-state index in [0.29, 0.717) is 24.5 Å². The molecule has 1 unspecified atom stereocenters. The molecule has 1 aliphatic carbocycles. The number of hydrogen-bond donors (Lipinski definition) is 3. The average molecular weight is 358 g/mol. The first-order valence-corrected chi connectivity index (χ1v) is 8.53. The molecule has 2 aromatic rings. The van der Waals surface area contributed by atoms with Gasteiger partial charge in [-0.2, -0.15) is 4.98 Å². The molecule has 1 saturated carbocycles. The first-order chi connectivity index (χ1) is 12.6. The third-order valence-electron chi connectivity index (χ3n) is 4.67. The molecule has 1 atom stereocenters. The average Bonchev–Trinajstić information content (AvgIpc) is 2.59. The van der Waals surface area contributed by atoms with Crippen LogP contribution in [0.3, 0.4) is 0 Å². The lowest BCUT2D eigenvalue weighted by Gasteiger charge is -2.37. The van der Waals surface area contributed by atoms with E-state index in [2.05, 4.69) is 25.6 Å². The molecule has 0 radical (unpaired) electrons. The Bertz CT molecular complexity index is 827. The minimum Gasteiger partial charge on any atom is -0.480 e. The number of nitrogens with two attached hydrogens (primary N) is 1. The van der Waals surface area contributed by atoms with Crippen molar-refractivity contribution in [3.05, 3.63) is 35.9 Å². The van der Waals surface area contributed by atoms with Gasteiger partial charge >= 0.3 is 0 Å². The van der Waals surface area contributed by atoms with Crippen molar-refractivity contribution in [1.82, 2.24) is 20.3 Å². The van der Waals surface area contributed by atoms with Crippen molar-refractivity contribution in [1.29, 1.82) is 0 Å². The minimum atomic E-state index is -0.584. The number of hydrogen-bond acceptors (Lipinski definition) is 7. The summed E-state index contributed by atoms with van der Waals surface area (Å²) in [5, 5.41) is 6.14. The largest absolute Gasteiger partial charge is 0.480 e. The van der Waals surface area contributed by atoms with E-state index >= 15 is 0 Å². The van der Waals surface area contributed by atoms with E-state index in [-0.39, 0.29) is 29.8 Å². The first kappa shape index (κ1) is 16.5. The number of aromatic nitrogens is 3. The normalized spacial score (nSPS) is 24.0. The minimum absolute atomic E-state index is 0.0664. The number of carbonyl (C=O) groups excluding carboxylic acids is 1. The van der Waals surface area contributed by atoms with Crippen LogP contribution in [0.5, 0.6) is 5.75 Å². The van der Waals surface area contributed by atoms with Gasteiger partial charge in [-0.3, -0.25) is 4.79 Å². The monoisotopic (exact) mass is 358 g/mol. The Morgan fingerprint density at radius 2 is 2.12 bits per heavy atom. The van der Waals surface area contributed by atoms with Gasteiger partial charge in [0.1, 0.15) is 17.9 Å². The fourth-order valence-corrected chi connectivity index (χ4v) is 3.24. The molecule has 1 fully saturated rings. The molecule has 9 heteroatoms. The second-order valence-electron chi connectivity index (χ2n) is 6.58. The molecule has 26 heavy (non-hydrogen) atoms. The quantitative estimate of drug-likeness (QED) is 0.748. The standard InChI is InChI=1S/C17H19FN6O2/c18-10-3-1-9-2-4-13(26-14(9)5-10)15(25)22-11-6-12(7-11)23-17-21-8-20-16(19)24-17/h1,3,5,8,11-13H,2,4,6-7H2,(H,22,25)(H3,19,20,21,23,24). The number of ether oxygens (including phenoxy) is 1. The van der Waals surface area contributed by atoms with E-state index in [9.17, 15) is 9.18 Å². The summed E-state index contributed by atoms with van der Waals surface area (Å²) >= 11 is 0. The summed E-state index contributed by atoms with van der Waals surface area (Å²) in [4.78, 5) is 24.1. The van der Waals surface area contributed by atoms with Crippen LogP contribution in [-0.4, -0.2) is 39.0 Å². The maximum atomic E-state index is 13.3. The number of amides is 1. The molecule has 1 amide bonds. The molecule has 4 rings (SSSR count). The Balaban J connectivity index is 1.26. The smallest absolute Gasteiger partial charge is 0.261 e. The molecule has 4 N–H and O–H groups in total. The second-order valence-corrected chi connectivity index (χ2v) is 6.58. The molecule has 1 aromatic carbocycles. The SMILES string of the molecule is Nc1ncnc(NC2CC(NC(=O)C3CCc4ccc(F)cc4O3)C2)n1. The number of fused-ring (bicyclic) bond motifs is 1. The Morgan fingerprint density at radius 1 is 1.27 bits per heavy atom. The zero-order valence-electron chi connectivity index (χ0n) is 14.0. The van der Waals surface area contributed by atoms with E-state index in [0.717, 1.165) is 18.4 Å². The van der Waals surface area contributed by atoms with Gasteiger partial charge in [0, 0.05) is 18.2 Å². The number of rotatable bonds is 4. The summed E-state index contributed by atoms with van der Waals surface area (Å²) in [6.07, 6.45) is 3.57. The summed E-state index contributed by atoms with van der Waals surface area (Å²) < 4.78 is 19.0. The zero-order valence-corrected chi connectivity index (χ0v) is 14.0. The number of nitrogens with one attached hydrogen (secondary N) is 2. The number of anilines is 2. The molecule has 1 aliphatic heterocycles. The topological polar surface area (TPSA) is 115 Å². The van der Waals surface area contributed by atoms with Crippen molar-refractivity contribution < 1.29 is 13.9 Å². The first-order valence-electron chi connectivity index (χ1n) is 8.53. The van der Waals surface area contributed by atoms with Gasteiger partial charge in [0.15, 0.2) is 6.10 Å². The Morgan fingerprint density at radius 3 is 2.92 bits per heavy atom. The molecule has 2 aliphatic rings. The van der Waals surface area contributed by atoms with E-state index in [1.165, 1.54) is 18.5 Å². The summed E-state index contributed by atoms with van der Waals surface area (Å²) in [5.41, 5.74) is 6.45. The van der Waals surface area contributed by atoms with Crippen molar-refractivity contribution >= 4 is 17.8 Å². The molecule has 0 spiro atoms. The third-order valence-corrected chi connectivity index (χ3v) is 4.67. The second kappa shape index (κ2) is 6.74. The van der Waals surface area contributed by atoms with Gasteiger partial charge in [0.25, 0.3) is 5.91 Å². The lowest BCUT2D eigenvalue weighted by Crippen LogP contribution is -2.53. The molecule has 0 saturated heterocycles. The van der Waals surface area contributed by atoms with Crippen LogP contribution >= 0.6 is 0 Å². The predicted octanol–water partition coefficient (Wildman–Crippen LogP) is 1.05. The highest BCUT2D eigenvalue weighted by molar-refractivity contribution is 5.82. The molecular formula is C17H19FN6O2. The maximum absolute atomic E-state index is 13.3. The van der Waals surface area contributed by atoms with E-state index in [1.54, 1.807) is 6.07 Å². The van der Waals surface area contributed by atoms with E-state index in [4.69, 9.17) is 10.5 Å². The van der Waals surface area contributed by atoms with Crippen LogP contribution in [-0.2, 0) is 11.2 Å². The van der Waals surface area contributed by atoms with Crippen LogP contribution in [0.2, 0.25) is 0 Å². The molecule has 8 nitrogen and oxygen atoms in total. The van der Waals surface area contributed by atoms with Gasteiger partial charge in [-0.15, -0.1) is 0 Å². The lowest BCUT2D eigenvalue weighted by molar-refractivity contribution is -0.130. The number of nitrogen functional groups attached to an aromatic ring is 1. The fraction of sp³-hybridized carbons (Fsp3) is 0.412. The van der Waals surface area contributed by atoms with Gasteiger partial charge in [0.2, 0.25) is 11.9 Å². The molecule has 136 valence electrons. The Labute approximate surface area is 149 Å². The van der Waals surface area contributed by atoms with Crippen molar-refractivity contribution in [2.75, 3.05) is 11.1 Å². The van der Waals surface area contributed by atoms with Crippen LogP contribution in [0.1, 0.15) is 24.8 Å². The number of benzene rings is 1. The highest BCUT2D eigenvalue weighted by Crippen LogP contribution is 2.29. The lowest BCUT2D eigenvalue weighted by atomic mass is 9.86. The predicted molar refractivity (Wildman–Crippen MR) is 92.0 cm³/mol. The summed E-state index contributed by atoms with van der Waals surface area (Å²) in [5.74, 6) is 0.529. The fourth-order valence-electron chi connectivity index (χ4n) is 3.24. The van der Waals surface area contributed by atoms with Crippen LogP contribution in [0.4, 0.5) is 16.3 Å². The number of nitrogens with zero attached hydrogens (tertiary/aromatic N) is 3. The van der Waals surface area contributed by atoms with E-state index < -0.39 is 6.10 Å². The zero-order chi connectivity index (χ0) is 18.1. The van der Waals surface area contributed by atoms with Crippen molar-refractivity contribution in [3.63, 3.8) is 0 Å². The van der Waals surface area contributed by atoms with Crippen LogP contribution in [0.25, 0.3) is 0 Å². The van der Waals surface area contributed by atoms with Crippen molar-refractivity contribution in [3.8, 4) is 5.75 Å². The van der Waals surface area contributed by atoms with Crippen molar-refractivity contribution in [2.24, 2.45) is 0 Å². The van der Waals surface area contributed by atoms with Gasteiger partial charge in [-0.05, 0) is 37.3 Å². The highest BCUT2D eigenvalue weighted by atomic mass is 19.1. The van der Waals surface area contributed by atoms with Crippen molar-refractivity contribution in [2.45, 2.75) is 43.9 Å². The summed E-state index contributed by atoms with van der Waals surface area (Å²) in [7, 11) is 0. The number of aryl methyl sites for hydroxylation is 1. The Hall–Kier alpha value is -2.97. The van der Waals surface area contributed by atoms with Gasteiger partial charge in [-0.25, -0.2) is 14.4 Å². The van der Waals surface area contributed by atoms with Crippen LogP contribution in [0.15, 0.2) is 24.5 Å². The maximum Gasteiger partial charge on any atom is 0.261 e. The van der Waals surface area contributed by atoms with Crippen LogP contribution in [0, 0.1) is 5.82 Å². The Kier molecular flexibility index (Phi) is 4.27.